The van der Waals surface area contributed by atoms with Crippen molar-refractivity contribution in [3.8, 4) is 0 Å². The molecule has 2 saturated heterocycles. The maximum absolute atomic E-state index is 14.7. The summed E-state index contributed by atoms with van der Waals surface area (Å²) in [5.74, 6) is -6.80. The van der Waals surface area contributed by atoms with E-state index in [0.29, 0.717) is 58.6 Å². The largest absolute Gasteiger partial charge is 0.460 e. The predicted molar refractivity (Wildman–Crippen MR) is 375 cm³/mol. The highest BCUT2D eigenvalue weighted by atomic mass is 16.6. The van der Waals surface area contributed by atoms with Crippen LogP contribution in [0, 0.1) is 29.6 Å². The first-order chi connectivity index (χ1) is 46.5. The maximum atomic E-state index is 14.7. The van der Waals surface area contributed by atoms with Crippen molar-refractivity contribution in [1.29, 1.82) is 0 Å². The highest BCUT2D eigenvalue weighted by Crippen LogP contribution is 2.31. The third-order valence-corrected chi connectivity index (χ3v) is 18.2. The Bertz CT molecular complexity index is 2700. The van der Waals surface area contributed by atoms with E-state index in [0.717, 1.165) is 5.56 Å². The Morgan fingerprint density at radius 3 is 1.81 bits per heavy atom. The summed E-state index contributed by atoms with van der Waals surface area (Å²) in [4.78, 5) is 147. The zero-order chi connectivity index (χ0) is 74.5. The van der Waals surface area contributed by atoms with Crippen LogP contribution >= 0.6 is 0 Å². The molecule has 0 spiro atoms. The number of esters is 2. The SMILES string of the molecule is CC[C@H](C)[C@@H]([C@@H](CC(=O)N1CCC[C@H]1[C@H](OC)[C@@H](C)C(=O)N[C@@H](Cc1ccccc1)C(=O)NCCC(C)(C)OC(=O)[C@@H](NC(=O)[C@@H]1CCCN1C(=O)[C@H](CC(=O)OC(C)(C)C)NC(=O)CCOCCOCCOCCN)C(C)C)OC)N(C)C(=O)[C@@H](NC(=O)[C@H](C(C)C)N(C)C)C(C)C. The Hall–Kier alpha value is -6.36. The third kappa shape index (κ3) is 28.5. The van der Waals surface area contributed by atoms with Gasteiger partial charge in [-0.3, -0.25) is 48.1 Å². The number of likely N-dealkylation sites (N-methyl/N-ethyl adjacent to an activating group) is 2. The van der Waals surface area contributed by atoms with Crippen molar-refractivity contribution in [2.24, 2.45) is 35.3 Å². The van der Waals surface area contributed by atoms with Gasteiger partial charge >= 0.3 is 11.9 Å². The van der Waals surface area contributed by atoms with Crippen LogP contribution in [0.25, 0.3) is 0 Å². The Morgan fingerprint density at radius 1 is 0.657 bits per heavy atom. The molecule has 27 heteroatoms. The molecule has 2 heterocycles. The minimum Gasteiger partial charge on any atom is -0.460 e. The molecule has 0 aromatic heterocycles. The molecule has 0 radical (unpaired) electrons. The third-order valence-electron chi connectivity index (χ3n) is 18.2. The number of carbonyl (C=O) groups is 10. The van der Waals surface area contributed by atoms with E-state index in [9.17, 15) is 47.9 Å². The summed E-state index contributed by atoms with van der Waals surface area (Å²) in [6.07, 6.45) is 0.526. The van der Waals surface area contributed by atoms with Crippen molar-refractivity contribution in [1.82, 2.24) is 46.2 Å². The van der Waals surface area contributed by atoms with E-state index >= 15 is 0 Å². The van der Waals surface area contributed by atoms with Crippen LogP contribution in [0.4, 0.5) is 0 Å². The summed E-state index contributed by atoms with van der Waals surface area (Å²) < 4.78 is 40.0. The molecule has 2 aliphatic rings. The van der Waals surface area contributed by atoms with Crippen LogP contribution in [-0.4, -0.2) is 252 Å². The second-order valence-electron chi connectivity index (χ2n) is 29.2. The van der Waals surface area contributed by atoms with Crippen LogP contribution in [0.3, 0.4) is 0 Å². The molecule has 564 valence electrons. The number of carbonyl (C=O) groups excluding carboxylic acids is 10. The number of benzene rings is 1. The summed E-state index contributed by atoms with van der Waals surface area (Å²) in [6.45, 7) is 27.8. The van der Waals surface area contributed by atoms with Crippen molar-refractivity contribution in [3.05, 3.63) is 35.9 Å². The zero-order valence-corrected chi connectivity index (χ0v) is 63.0. The minimum atomic E-state index is -1.38. The molecule has 1 aromatic carbocycles. The number of nitrogens with two attached hydrogens (primary N) is 1. The summed E-state index contributed by atoms with van der Waals surface area (Å²) >= 11 is 0. The molecule has 3 rings (SSSR count). The first-order valence-corrected chi connectivity index (χ1v) is 35.5. The molecule has 12 atom stereocenters. The first-order valence-electron chi connectivity index (χ1n) is 35.5. The van der Waals surface area contributed by atoms with Gasteiger partial charge in [-0.25, -0.2) is 4.79 Å². The summed E-state index contributed by atoms with van der Waals surface area (Å²) in [5.41, 5.74) is 4.11. The monoisotopic (exact) mass is 1400 g/mol. The molecule has 2 fully saturated rings. The van der Waals surface area contributed by atoms with Crippen LogP contribution < -0.4 is 32.3 Å². The van der Waals surface area contributed by atoms with E-state index in [2.05, 4.69) is 26.6 Å². The van der Waals surface area contributed by atoms with Gasteiger partial charge in [0.15, 0.2) is 0 Å². The smallest absolute Gasteiger partial charge is 0.329 e. The lowest BCUT2D eigenvalue weighted by Gasteiger charge is -2.41. The van der Waals surface area contributed by atoms with E-state index in [-0.39, 0.29) is 100 Å². The number of amides is 8. The van der Waals surface area contributed by atoms with Gasteiger partial charge in [-0.05, 0) is 104 Å². The topological polar surface area (TPSA) is 334 Å². The number of nitrogens with zero attached hydrogens (tertiary/aromatic N) is 4. The van der Waals surface area contributed by atoms with Gasteiger partial charge in [0.05, 0.1) is 88.7 Å². The molecule has 8 amide bonds. The van der Waals surface area contributed by atoms with E-state index in [4.69, 9.17) is 38.9 Å². The predicted octanol–water partition coefficient (Wildman–Crippen LogP) is 3.94. The molecule has 1 aromatic rings. The van der Waals surface area contributed by atoms with E-state index in [1.54, 1.807) is 72.2 Å². The van der Waals surface area contributed by atoms with Gasteiger partial charge in [0.25, 0.3) is 0 Å². The number of ether oxygens (including phenoxy) is 7. The minimum absolute atomic E-state index is 0.00516. The summed E-state index contributed by atoms with van der Waals surface area (Å²) in [5, 5.41) is 14.4. The van der Waals surface area contributed by atoms with Crippen molar-refractivity contribution < 1.29 is 81.1 Å². The van der Waals surface area contributed by atoms with Crippen molar-refractivity contribution in [3.63, 3.8) is 0 Å². The standard InChI is InChI=1S/C72H124N10O17/c1-20-48(8)62(80(17)69(91)59(45(2)3)77-67(89)61(47(6)7)79(15)16)55(93-18)44-57(84)81-34-24-28-53(81)63(94-19)49(9)64(86)76-51(42-50-26-22-21-23-27-50)65(87)74-33-31-72(13,14)99-70(92)60(46(4)5)78-66(88)54-29-25-35-82(54)68(90)52(43-58(85)98-71(10,11)12)75-56(83)30-36-95-38-40-97-41-39-96-37-32-73/h21-23,26-27,45-49,51-55,59-63H,20,24-25,28-44,73H2,1-19H3,(H,74,87)(H,75,83)(H,76,86)(H,77,89)(H,78,88)/t48-,49+,51-,52-,53-,54-,55+,59-,60-,61-,62-,63+/m0/s1. The second kappa shape index (κ2) is 42.8. The Labute approximate surface area is 589 Å². The quantitative estimate of drug-likeness (QED) is 0.0398. The van der Waals surface area contributed by atoms with E-state index in [1.165, 1.54) is 19.1 Å². The average molecular weight is 1400 g/mol. The fourth-order valence-electron chi connectivity index (χ4n) is 12.8. The first kappa shape index (κ1) is 86.9. The molecule has 0 unspecified atom stereocenters. The lowest BCUT2D eigenvalue weighted by molar-refractivity contribution is -0.162. The van der Waals surface area contributed by atoms with Crippen molar-refractivity contribution in [2.75, 3.05) is 101 Å². The number of hydrogen-bond donors (Lipinski definition) is 6. The molecule has 27 nitrogen and oxygen atoms in total. The number of rotatable bonds is 44. The summed E-state index contributed by atoms with van der Waals surface area (Å²) in [7, 11) is 8.39. The van der Waals surface area contributed by atoms with Gasteiger partial charge in [-0.15, -0.1) is 0 Å². The molecule has 0 bridgehead atoms. The molecule has 99 heavy (non-hydrogen) atoms. The maximum Gasteiger partial charge on any atom is 0.329 e. The molecule has 2 aliphatic heterocycles. The van der Waals surface area contributed by atoms with Gasteiger partial charge in [-0.1, -0.05) is 99.1 Å². The Morgan fingerprint density at radius 2 is 1.25 bits per heavy atom. The lowest BCUT2D eigenvalue weighted by atomic mass is 9.89. The van der Waals surface area contributed by atoms with Crippen molar-refractivity contribution >= 4 is 59.2 Å². The van der Waals surface area contributed by atoms with Crippen LogP contribution in [0.5, 0.6) is 0 Å². The normalized spacial score (nSPS) is 18.1. The molecular weight excluding hydrogens is 1280 g/mol. The highest BCUT2D eigenvalue weighted by molar-refractivity contribution is 5.96. The van der Waals surface area contributed by atoms with Gasteiger partial charge in [0.2, 0.25) is 47.3 Å². The summed E-state index contributed by atoms with van der Waals surface area (Å²) in [6, 6.07) is 2.17. The van der Waals surface area contributed by atoms with Gasteiger partial charge in [-0.2, -0.15) is 0 Å². The fourth-order valence-corrected chi connectivity index (χ4v) is 12.8. The molecular formula is C72H124N10O17. The van der Waals surface area contributed by atoms with Crippen LogP contribution in [-0.2, 0) is 87.5 Å². The zero-order valence-electron chi connectivity index (χ0n) is 63.0. The number of hydrogen-bond acceptors (Lipinski definition) is 19. The van der Waals surface area contributed by atoms with Crippen molar-refractivity contribution in [2.45, 2.75) is 233 Å². The van der Waals surface area contributed by atoms with Gasteiger partial charge in [0, 0.05) is 66.7 Å². The fraction of sp³-hybridized carbons (Fsp3) is 0.778. The van der Waals surface area contributed by atoms with Crippen LogP contribution in [0.15, 0.2) is 30.3 Å². The van der Waals surface area contributed by atoms with E-state index < -0.39 is 131 Å². The molecule has 7 N–H and O–H groups in total. The highest BCUT2D eigenvalue weighted by Gasteiger charge is 2.45. The lowest BCUT2D eigenvalue weighted by Crippen LogP contribution is -2.59. The van der Waals surface area contributed by atoms with Gasteiger partial charge in [0.1, 0.15) is 41.4 Å². The number of methoxy groups -OCH3 is 2. The molecule has 0 aliphatic carbocycles. The average Bonchev–Trinajstić information content (AvgIpc) is 1.42. The Balaban J connectivity index is 1.73. The Kier molecular flexibility index (Phi) is 37.5. The number of likely N-dealkylation sites (tertiary alicyclic amines) is 2. The second-order valence-corrected chi connectivity index (χ2v) is 29.2. The van der Waals surface area contributed by atoms with Gasteiger partial charge < -0.3 is 80.2 Å². The van der Waals surface area contributed by atoms with Crippen LogP contribution in [0.2, 0.25) is 0 Å². The molecule has 0 saturated carbocycles. The van der Waals surface area contributed by atoms with E-state index in [1.807, 2.05) is 90.9 Å². The number of nitrogens with one attached hydrogen (secondary N) is 5. The van der Waals surface area contributed by atoms with Crippen LogP contribution in [0.1, 0.15) is 160 Å².